The Morgan fingerprint density at radius 3 is 2.38 bits per heavy atom. The van der Waals surface area contributed by atoms with Crippen molar-refractivity contribution in [1.82, 2.24) is 15.3 Å². The Morgan fingerprint density at radius 2 is 1.79 bits per heavy atom. The number of hydrogen-bond acceptors (Lipinski definition) is 6. The first kappa shape index (κ1) is 22.8. The molecule has 156 valence electrons. The van der Waals surface area contributed by atoms with E-state index in [9.17, 15) is 9.59 Å². The van der Waals surface area contributed by atoms with Crippen LogP contribution in [-0.4, -0.2) is 35.0 Å². The van der Waals surface area contributed by atoms with Gasteiger partial charge in [0.25, 0.3) is 5.91 Å². The molecular weight excluding hydrogens is 438 g/mol. The van der Waals surface area contributed by atoms with Gasteiger partial charge in [-0.25, -0.2) is 9.97 Å². The van der Waals surface area contributed by atoms with Crippen molar-refractivity contribution in [1.29, 1.82) is 0 Å². The Labute approximate surface area is 179 Å². The Morgan fingerprint density at radius 1 is 1.14 bits per heavy atom. The minimum absolute atomic E-state index is 0.148. The summed E-state index contributed by atoms with van der Waals surface area (Å²) in [7, 11) is 0. The van der Waals surface area contributed by atoms with E-state index in [2.05, 4.69) is 45.1 Å². The summed E-state index contributed by atoms with van der Waals surface area (Å²) in [4.78, 5) is 31.9. The smallest absolute Gasteiger partial charge is 0.316 e. The number of amides is 1. The number of nitrogens with zero attached hydrogens (tertiary/aromatic N) is 2. The molecule has 1 aromatic carbocycles. The maximum absolute atomic E-state index is 12.2. The predicted octanol–water partition coefficient (Wildman–Crippen LogP) is 4.09. The largest absolute Gasteiger partial charge is 0.466 e. The molecule has 2 aromatic rings. The Bertz CT molecular complexity index is 795. The third-order valence-electron chi connectivity index (χ3n) is 3.99. The SMILES string of the molecule is CCOC(=O)CCNC(=O)c1ccc(C(CC(C)C)Oc2ncc(Br)cn2)cc1. The fourth-order valence-corrected chi connectivity index (χ4v) is 2.84. The first-order chi connectivity index (χ1) is 13.9. The number of carbonyl (C=O) groups is 2. The number of nitrogens with one attached hydrogen (secondary N) is 1. The van der Waals surface area contributed by atoms with E-state index in [0.717, 1.165) is 16.5 Å². The molecule has 1 unspecified atom stereocenters. The number of ether oxygens (including phenoxy) is 2. The van der Waals surface area contributed by atoms with Gasteiger partial charge in [0.1, 0.15) is 6.10 Å². The van der Waals surface area contributed by atoms with E-state index in [0.29, 0.717) is 24.1 Å². The van der Waals surface area contributed by atoms with Crippen molar-refractivity contribution in [3.63, 3.8) is 0 Å². The van der Waals surface area contributed by atoms with E-state index in [1.54, 1.807) is 31.5 Å². The lowest BCUT2D eigenvalue weighted by Gasteiger charge is -2.20. The molecule has 0 saturated heterocycles. The lowest BCUT2D eigenvalue weighted by atomic mass is 9.98. The van der Waals surface area contributed by atoms with Crippen molar-refractivity contribution < 1.29 is 19.1 Å². The highest BCUT2D eigenvalue weighted by Gasteiger charge is 2.18. The molecule has 1 heterocycles. The summed E-state index contributed by atoms with van der Waals surface area (Å²) < 4.78 is 11.6. The number of carbonyl (C=O) groups excluding carboxylic acids is 2. The van der Waals surface area contributed by atoms with E-state index in [4.69, 9.17) is 9.47 Å². The molecule has 1 amide bonds. The number of rotatable bonds is 10. The number of benzene rings is 1. The van der Waals surface area contributed by atoms with Gasteiger partial charge >= 0.3 is 12.0 Å². The number of aromatic nitrogens is 2. The quantitative estimate of drug-likeness (QED) is 0.533. The molecule has 0 saturated carbocycles. The number of hydrogen-bond donors (Lipinski definition) is 1. The lowest BCUT2D eigenvalue weighted by Crippen LogP contribution is -2.26. The van der Waals surface area contributed by atoms with Crippen LogP contribution in [0.25, 0.3) is 0 Å². The van der Waals surface area contributed by atoms with Gasteiger partial charge in [0, 0.05) is 24.5 Å². The van der Waals surface area contributed by atoms with E-state index >= 15 is 0 Å². The minimum atomic E-state index is -0.327. The van der Waals surface area contributed by atoms with Gasteiger partial charge in [-0.05, 0) is 52.9 Å². The second-order valence-electron chi connectivity index (χ2n) is 6.85. The molecule has 0 aliphatic heterocycles. The standard InChI is InChI=1S/C21H26BrN3O4/c1-4-28-19(26)9-10-23-20(27)16-7-5-15(6-8-16)18(11-14(2)3)29-21-24-12-17(22)13-25-21/h5-8,12-14,18H,4,9-11H2,1-3H3,(H,23,27). The molecule has 7 nitrogen and oxygen atoms in total. The van der Waals surface area contributed by atoms with Gasteiger partial charge in [-0.3, -0.25) is 9.59 Å². The van der Waals surface area contributed by atoms with Gasteiger partial charge < -0.3 is 14.8 Å². The zero-order chi connectivity index (χ0) is 21.2. The zero-order valence-corrected chi connectivity index (χ0v) is 18.4. The van der Waals surface area contributed by atoms with Crippen LogP contribution >= 0.6 is 15.9 Å². The summed E-state index contributed by atoms with van der Waals surface area (Å²) in [5.41, 5.74) is 1.45. The Kier molecular flexibility index (Phi) is 9.05. The van der Waals surface area contributed by atoms with Crippen LogP contribution in [0.1, 0.15) is 55.6 Å². The lowest BCUT2D eigenvalue weighted by molar-refractivity contribution is -0.142. The van der Waals surface area contributed by atoms with Gasteiger partial charge in [-0.1, -0.05) is 26.0 Å². The maximum atomic E-state index is 12.2. The van der Waals surface area contributed by atoms with Crippen LogP contribution in [0.2, 0.25) is 0 Å². The molecule has 1 aromatic heterocycles. The molecule has 0 aliphatic carbocycles. The van der Waals surface area contributed by atoms with Gasteiger partial charge in [-0.2, -0.15) is 0 Å². The summed E-state index contributed by atoms with van der Waals surface area (Å²) in [5, 5.41) is 2.72. The second-order valence-corrected chi connectivity index (χ2v) is 7.77. The molecule has 1 atom stereocenters. The molecular formula is C21H26BrN3O4. The molecule has 29 heavy (non-hydrogen) atoms. The highest BCUT2D eigenvalue weighted by atomic mass is 79.9. The minimum Gasteiger partial charge on any atom is -0.466 e. The topological polar surface area (TPSA) is 90.4 Å². The number of halogens is 1. The van der Waals surface area contributed by atoms with Crippen LogP contribution < -0.4 is 10.1 Å². The third kappa shape index (κ3) is 7.81. The third-order valence-corrected chi connectivity index (χ3v) is 4.40. The van der Waals surface area contributed by atoms with Gasteiger partial charge in [0.05, 0.1) is 17.5 Å². The van der Waals surface area contributed by atoms with Crippen molar-refractivity contribution in [3.8, 4) is 6.01 Å². The molecule has 0 bridgehead atoms. The van der Waals surface area contributed by atoms with Gasteiger partial charge in [0.15, 0.2) is 0 Å². The van der Waals surface area contributed by atoms with Crippen molar-refractivity contribution >= 4 is 27.8 Å². The molecule has 0 spiro atoms. The Hall–Kier alpha value is -2.48. The first-order valence-electron chi connectivity index (χ1n) is 9.57. The van der Waals surface area contributed by atoms with Crippen LogP contribution in [0.15, 0.2) is 41.1 Å². The number of esters is 1. The normalized spacial score (nSPS) is 11.8. The zero-order valence-electron chi connectivity index (χ0n) is 16.9. The second kappa shape index (κ2) is 11.5. The highest BCUT2D eigenvalue weighted by molar-refractivity contribution is 9.10. The average molecular weight is 464 g/mol. The summed E-state index contributed by atoms with van der Waals surface area (Å²) in [5.74, 6) is -0.160. The summed E-state index contributed by atoms with van der Waals surface area (Å²) in [6.07, 6.45) is 3.98. The highest BCUT2D eigenvalue weighted by Crippen LogP contribution is 2.26. The molecule has 2 rings (SSSR count). The molecule has 0 aliphatic rings. The average Bonchev–Trinajstić information content (AvgIpc) is 2.69. The van der Waals surface area contributed by atoms with Gasteiger partial charge in [0.2, 0.25) is 0 Å². The maximum Gasteiger partial charge on any atom is 0.316 e. The molecule has 0 radical (unpaired) electrons. The monoisotopic (exact) mass is 463 g/mol. The van der Waals surface area contributed by atoms with Crippen LogP contribution in [0.3, 0.4) is 0 Å². The van der Waals surface area contributed by atoms with Crippen LogP contribution in [-0.2, 0) is 9.53 Å². The fourth-order valence-electron chi connectivity index (χ4n) is 2.63. The summed E-state index contributed by atoms with van der Waals surface area (Å²) >= 11 is 3.31. The van der Waals surface area contributed by atoms with Gasteiger partial charge in [-0.15, -0.1) is 0 Å². The van der Waals surface area contributed by atoms with Crippen LogP contribution in [0, 0.1) is 5.92 Å². The molecule has 0 fully saturated rings. The van der Waals surface area contributed by atoms with Crippen molar-refractivity contribution in [3.05, 3.63) is 52.3 Å². The van der Waals surface area contributed by atoms with Crippen molar-refractivity contribution in [2.45, 2.75) is 39.7 Å². The molecule has 8 heteroatoms. The summed E-state index contributed by atoms with van der Waals surface area (Å²) in [6, 6.07) is 7.53. The van der Waals surface area contributed by atoms with Crippen molar-refractivity contribution in [2.24, 2.45) is 5.92 Å². The summed E-state index contributed by atoms with van der Waals surface area (Å²) in [6.45, 7) is 6.55. The van der Waals surface area contributed by atoms with E-state index in [1.165, 1.54) is 0 Å². The van der Waals surface area contributed by atoms with Crippen molar-refractivity contribution in [2.75, 3.05) is 13.2 Å². The van der Waals surface area contributed by atoms with E-state index in [1.807, 2.05) is 12.1 Å². The van der Waals surface area contributed by atoms with E-state index < -0.39 is 0 Å². The van der Waals surface area contributed by atoms with Crippen LogP contribution in [0.5, 0.6) is 6.01 Å². The molecule has 1 N–H and O–H groups in total. The van der Waals surface area contributed by atoms with E-state index in [-0.39, 0.29) is 30.9 Å². The fraction of sp³-hybridized carbons (Fsp3) is 0.429. The Balaban J connectivity index is 2.01. The van der Waals surface area contributed by atoms with Crippen LogP contribution in [0.4, 0.5) is 0 Å². The first-order valence-corrected chi connectivity index (χ1v) is 10.4. The predicted molar refractivity (Wildman–Crippen MR) is 113 cm³/mol.